The summed E-state index contributed by atoms with van der Waals surface area (Å²) in [5.41, 5.74) is -0.126. The van der Waals surface area contributed by atoms with Crippen LogP contribution < -0.4 is 0 Å². The Morgan fingerprint density at radius 2 is 2.00 bits per heavy atom. The van der Waals surface area contributed by atoms with E-state index in [9.17, 15) is 0 Å². The van der Waals surface area contributed by atoms with Gasteiger partial charge in [0, 0.05) is 13.7 Å². The van der Waals surface area contributed by atoms with Crippen molar-refractivity contribution < 1.29 is 14.6 Å². The van der Waals surface area contributed by atoms with Gasteiger partial charge in [-0.1, -0.05) is 0 Å². The Hall–Kier alpha value is -0.120. The quantitative estimate of drug-likeness (QED) is 0.618. The zero-order chi connectivity index (χ0) is 9.61. The summed E-state index contributed by atoms with van der Waals surface area (Å²) in [5.74, 6) is 0. The molecule has 0 amide bonds. The van der Waals surface area contributed by atoms with E-state index in [1.165, 1.54) is 0 Å². The predicted molar refractivity (Wildman–Crippen MR) is 48.2 cm³/mol. The second-order valence-electron chi connectivity index (χ2n) is 3.64. The van der Waals surface area contributed by atoms with Crippen LogP contribution in [0.15, 0.2) is 0 Å². The smallest absolute Gasteiger partial charge is 0.0745 e. The van der Waals surface area contributed by atoms with E-state index in [0.29, 0.717) is 13.2 Å². The average molecular weight is 176 g/mol. The highest BCUT2D eigenvalue weighted by Crippen LogP contribution is 2.12. The van der Waals surface area contributed by atoms with E-state index in [4.69, 9.17) is 14.6 Å². The van der Waals surface area contributed by atoms with Crippen LogP contribution in [0.4, 0.5) is 0 Å². The van der Waals surface area contributed by atoms with Crippen LogP contribution in [0.2, 0.25) is 0 Å². The maximum Gasteiger partial charge on any atom is 0.0745 e. The molecule has 0 heterocycles. The van der Waals surface area contributed by atoms with Gasteiger partial charge in [0.2, 0.25) is 0 Å². The van der Waals surface area contributed by atoms with Crippen molar-refractivity contribution in [3.05, 3.63) is 0 Å². The topological polar surface area (TPSA) is 38.7 Å². The molecular formula is C9H20O3. The van der Waals surface area contributed by atoms with Crippen molar-refractivity contribution in [1.29, 1.82) is 0 Å². The Kier molecular flexibility index (Phi) is 5.46. The van der Waals surface area contributed by atoms with Gasteiger partial charge in [0.1, 0.15) is 0 Å². The average Bonchev–Trinajstić information content (AvgIpc) is 1.98. The molecule has 1 atom stereocenters. The van der Waals surface area contributed by atoms with Gasteiger partial charge in [-0.3, -0.25) is 0 Å². The molecule has 1 N–H and O–H groups in total. The fourth-order valence-corrected chi connectivity index (χ4v) is 0.674. The first kappa shape index (κ1) is 11.9. The Balaban J connectivity index is 3.31. The zero-order valence-electron chi connectivity index (χ0n) is 8.46. The Morgan fingerprint density at radius 1 is 1.42 bits per heavy atom. The lowest BCUT2D eigenvalue weighted by atomic mass is 10.1. The zero-order valence-corrected chi connectivity index (χ0v) is 8.46. The van der Waals surface area contributed by atoms with Crippen molar-refractivity contribution >= 4 is 0 Å². The minimum Gasteiger partial charge on any atom is -0.391 e. The van der Waals surface area contributed by atoms with Gasteiger partial charge in [-0.2, -0.15) is 0 Å². The highest BCUT2D eigenvalue weighted by molar-refractivity contribution is 4.66. The SMILES string of the molecule is COC(C)(C)CCOC[C@@H](C)O. The van der Waals surface area contributed by atoms with Crippen LogP contribution in [0.3, 0.4) is 0 Å². The van der Waals surface area contributed by atoms with Gasteiger partial charge >= 0.3 is 0 Å². The van der Waals surface area contributed by atoms with Crippen LogP contribution in [0.5, 0.6) is 0 Å². The minimum absolute atomic E-state index is 0.126. The standard InChI is InChI=1S/C9H20O3/c1-8(10)7-12-6-5-9(2,3)11-4/h8,10H,5-7H2,1-4H3/t8-/m1/s1. The Labute approximate surface area is 74.7 Å². The van der Waals surface area contributed by atoms with Crippen LogP contribution >= 0.6 is 0 Å². The molecule has 0 radical (unpaired) electrons. The maximum absolute atomic E-state index is 8.88. The number of aliphatic hydroxyl groups is 1. The van der Waals surface area contributed by atoms with Crippen molar-refractivity contribution in [2.45, 2.75) is 38.9 Å². The highest BCUT2D eigenvalue weighted by Gasteiger charge is 2.15. The van der Waals surface area contributed by atoms with E-state index in [0.717, 1.165) is 6.42 Å². The molecular weight excluding hydrogens is 156 g/mol. The molecule has 0 aliphatic rings. The van der Waals surface area contributed by atoms with E-state index in [1.807, 2.05) is 13.8 Å². The molecule has 0 aromatic heterocycles. The van der Waals surface area contributed by atoms with Crippen LogP contribution in [0.25, 0.3) is 0 Å². The maximum atomic E-state index is 8.88. The third kappa shape index (κ3) is 6.58. The monoisotopic (exact) mass is 176 g/mol. The summed E-state index contributed by atoms with van der Waals surface area (Å²) in [5, 5.41) is 8.88. The Bertz CT molecular complexity index is 110. The fourth-order valence-electron chi connectivity index (χ4n) is 0.674. The van der Waals surface area contributed by atoms with Crippen LogP contribution in [0, 0.1) is 0 Å². The molecule has 0 aliphatic carbocycles. The molecule has 0 bridgehead atoms. The third-order valence-corrected chi connectivity index (χ3v) is 1.76. The summed E-state index contributed by atoms with van der Waals surface area (Å²) in [4.78, 5) is 0. The largest absolute Gasteiger partial charge is 0.391 e. The van der Waals surface area contributed by atoms with Crippen molar-refractivity contribution in [1.82, 2.24) is 0 Å². The van der Waals surface area contributed by atoms with Crippen LogP contribution in [-0.2, 0) is 9.47 Å². The summed E-state index contributed by atoms with van der Waals surface area (Å²) in [6, 6.07) is 0. The first-order valence-electron chi connectivity index (χ1n) is 4.29. The van der Waals surface area contributed by atoms with Gasteiger partial charge in [0.15, 0.2) is 0 Å². The summed E-state index contributed by atoms with van der Waals surface area (Å²) < 4.78 is 10.4. The lowest BCUT2D eigenvalue weighted by Crippen LogP contribution is -2.25. The second kappa shape index (κ2) is 5.51. The molecule has 0 saturated heterocycles. The molecule has 0 saturated carbocycles. The molecule has 0 aromatic rings. The molecule has 0 spiro atoms. The van der Waals surface area contributed by atoms with Crippen molar-refractivity contribution in [2.75, 3.05) is 20.3 Å². The van der Waals surface area contributed by atoms with Gasteiger partial charge in [-0.05, 0) is 27.2 Å². The number of hydrogen-bond donors (Lipinski definition) is 1. The molecule has 74 valence electrons. The van der Waals surface area contributed by atoms with Gasteiger partial charge < -0.3 is 14.6 Å². The lowest BCUT2D eigenvalue weighted by Gasteiger charge is -2.22. The van der Waals surface area contributed by atoms with Gasteiger partial charge in [-0.15, -0.1) is 0 Å². The summed E-state index contributed by atoms with van der Waals surface area (Å²) >= 11 is 0. The molecule has 0 unspecified atom stereocenters. The number of ether oxygens (including phenoxy) is 2. The first-order chi connectivity index (χ1) is 5.48. The van der Waals surface area contributed by atoms with Gasteiger partial charge in [0.05, 0.1) is 18.3 Å². The Morgan fingerprint density at radius 3 is 2.42 bits per heavy atom. The van der Waals surface area contributed by atoms with Crippen LogP contribution in [-0.4, -0.2) is 37.1 Å². The minimum atomic E-state index is -0.379. The van der Waals surface area contributed by atoms with Crippen molar-refractivity contribution in [3.63, 3.8) is 0 Å². The molecule has 3 nitrogen and oxygen atoms in total. The molecule has 12 heavy (non-hydrogen) atoms. The molecule has 0 aliphatic heterocycles. The number of methoxy groups -OCH3 is 1. The number of rotatable bonds is 6. The van der Waals surface area contributed by atoms with Crippen molar-refractivity contribution in [3.8, 4) is 0 Å². The molecule has 3 heteroatoms. The van der Waals surface area contributed by atoms with E-state index >= 15 is 0 Å². The van der Waals surface area contributed by atoms with Gasteiger partial charge in [0.25, 0.3) is 0 Å². The number of hydrogen-bond acceptors (Lipinski definition) is 3. The first-order valence-corrected chi connectivity index (χ1v) is 4.29. The molecule has 0 fully saturated rings. The van der Waals surface area contributed by atoms with E-state index in [1.54, 1.807) is 14.0 Å². The molecule has 0 rings (SSSR count). The summed E-state index contributed by atoms with van der Waals surface area (Å²) in [6.45, 7) is 6.77. The summed E-state index contributed by atoms with van der Waals surface area (Å²) in [6.07, 6.45) is 0.464. The van der Waals surface area contributed by atoms with E-state index in [2.05, 4.69) is 0 Å². The highest BCUT2D eigenvalue weighted by atomic mass is 16.5. The normalized spacial score (nSPS) is 14.8. The summed E-state index contributed by atoms with van der Waals surface area (Å²) in [7, 11) is 1.69. The fraction of sp³-hybridized carbons (Fsp3) is 1.00. The van der Waals surface area contributed by atoms with E-state index in [-0.39, 0.29) is 11.7 Å². The number of aliphatic hydroxyl groups excluding tert-OH is 1. The lowest BCUT2D eigenvalue weighted by molar-refractivity contribution is -0.0221. The second-order valence-corrected chi connectivity index (χ2v) is 3.64. The van der Waals surface area contributed by atoms with E-state index < -0.39 is 0 Å². The van der Waals surface area contributed by atoms with Crippen molar-refractivity contribution in [2.24, 2.45) is 0 Å². The third-order valence-electron chi connectivity index (χ3n) is 1.76. The predicted octanol–water partition coefficient (Wildman–Crippen LogP) is 1.20. The molecule has 0 aromatic carbocycles. The van der Waals surface area contributed by atoms with Crippen LogP contribution in [0.1, 0.15) is 27.2 Å². The van der Waals surface area contributed by atoms with Gasteiger partial charge in [-0.25, -0.2) is 0 Å².